The molecule has 0 fully saturated rings. The Balaban J connectivity index is 1.41. The molecule has 36 heavy (non-hydrogen) atoms. The van der Waals surface area contributed by atoms with Gasteiger partial charge in [-0.05, 0) is 53.6 Å². The summed E-state index contributed by atoms with van der Waals surface area (Å²) >= 11 is 14.3. The number of H-pyrrole nitrogens is 1. The van der Waals surface area contributed by atoms with Crippen LogP contribution >= 0.6 is 34.5 Å². The molecule has 180 valence electrons. The lowest BCUT2D eigenvalue weighted by molar-refractivity contribution is 0.0702. The molecule has 0 saturated heterocycles. The number of aromatic amines is 1. The number of tetrazole rings is 1. The summed E-state index contributed by atoms with van der Waals surface area (Å²) in [5.74, 6) is -0.368. The Kier molecular flexibility index (Phi) is 5.47. The molecule has 13 heteroatoms. The van der Waals surface area contributed by atoms with E-state index >= 15 is 0 Å². The first kappa shape index (κ1) is 22.7. The molecule has 1 aromatic carbocycles. The van der Waals surface area contributed by atoms with Crippen LogP contribution in [0.15, 0.2) is 53.7 Å². The average molecular weight is 540 g/mol. The molecule has 0 aliphatic carbocycles. The summed E-state index contributed by atoms with van der Waals surface area (Å²) in [6.07, 6.45) is 4.31. The van der Waals surface area contributed by atoms with Gasteiger partial charge in [-0.2, -0.15) is 4.68 Å². The van der Waals surface area contributed by atoms with Gasteiger partial charge < -0.3 is 14.7 Å². The monoisotopic (exact) mass is 539 g/mol. The highest BCUT2D eigenvalue weighted by molar-refractivity contribution is 7.17. The molecule has 6 rings (SSSR count). The fraction of sp³-hybridized carbons (Fsp3) is 0.130. The Hall–Kier alpha value is -3.80. The first-order valence-electron chi connectivity index (χ1n) is 10.8. The van der Waals surface area contributed by atoms with E-state index in [4.69, 9.17) is 23.2 Å². The molecule has 0 unspecified atom stereocenters. The predicted molar refractivity (Wildman–Crippen MR) is 134 cm³/mol. The molecule has 1 aliphatic rings. The number of imidazole rings is 1. The van der Waals surface area contributed by atoms with E-state index in [2.05, 4.69) is 25.5 Å². The summed E-state index contributed by atoms with van der Waals surface area (Å²) in [6, 6.07) is 9.66. The third-order valence-electron chi connectivity index (χ3n) is 6.09. The number of hydrogen-bond donors (Lipinski definition) is 2. The summed E-state index contributed by atoms with van der Waals surface area (Å²) in [4.78, 5) is 33.4. The number of rotatable bonds is 5. The number of thiophene rings is 1. The lowest BCUT2D eigenvalue weighted by Crippen LogP contribution is -2.24. The minimum Gasteiger partial charge on any atom is -0.477 e. The Morgan fingerprint density at radius 2 is 2.03 bits per heavy atom. The lowest BCUT2D eigenvalue weighted by atomic mass is 10.0. The summed E-state index contributed by atoms with van der Waals surface area (Å²) in [7, 11) is 0. The summed E-state index contributed by atoms with van der Waals surface area (Å²) in [5.41, 5.74) is 2.98. The molecule has 0 spiro atoms. The van der Waals surface area contributed by atoms with E-state index in [-0.39, 0.29) is 16.5 Å². The summed E-state index contributed by atoms with van der Waals surface area (Å²) in [6.45, 7) is 0. The predicted octanol–water partition coefficient (Wildman–Crippen LogP) is 4.48. The number of nitrogens with one attached hydrogen (secondary N) is 1. The molecule has 5 heterocycles. The number of carboxylic acids is 1. The van der Waals surface area contributed by atoms with Gasteiger partial charge in [-0.25, -0.2) is 9.78 Å². The Bertz CT molecular complexity index is 1690. The van der Waals surface area contributed by atoms with Crippen LogP contribution in [0.2, 0.25) is 10.0 Å². The van der Waals surface area contributed by atoms with Crippen molar-refractivity contribution in [3.05, 3.63) is 85.7 Å². The van der Waals surface area contributed by atoms with E-state index in [1.165, 1.54) is 17.1 Å². The minimum absolute atomic E-state index is 0.225. The third-order valence-corrected chi connectivity index (χ3v) is 7.85. The van der Waals surface area contributed by atoms with Gasteiger partial charge in [0, 0.05) is 27.9 Å². The second-order valence-corrected chi connectivity index (χ2v) is 10.0. The zero-order valence-corrected chi connectivity index (χ0v) is 20.5. The molecule has 0 amide bonds. The van der Waals surface area contributed by atoms with Crippen molar-refractivity contribution in [1.82, 2.24) is 34.7 Å². The number of carboxylic acid groups (broad SMARTS) is 1. The Morgan fingerprint density at radius 3 is 2.78 bits per heavy atom. The van der Waals surface area contributed by atoms with Crippen LogP contribution in [0.25, 0.3) is 27.4 Å². The Morgan fingerprint density at radius 1 is 1.17 bits per heavy atom. The molecule has 4 aromatic heterocycles. The van der Waals surface area contributed by atoms with E-state index in [9.17, 15) is 14.7 Å². The van der Waals surface area contributed by atoms with Crippen LogP contribution < -0.4 is 5.56 Å². The van der Waals surface area contributed by atoms with Gasteiger partial charge in [0.05, 0.1) is 33.5 Å². The topological polar surface area (TPSA) is 132 Å². The van der Waals surface area contributed by atoms with Crippen molar-refractivity contribution in [2.75, 3.05) is 0 Å². The molecular weight excluding hydrogens is 525 g/mol. The normalized spacial score (nSPS) is 14.8. The maximum Gasteiger partial charge on any atom is 0.345 e. The first-order chi connectivity index (χ1) is 17.4. The number of nitrogens with zero attached hydrogens (tertiary/aromatic N) is 6. The third kappa shape index (κ3) is 3.72. The van der Waals surface area contributed by atoms with Crippen molar-refractivity contribution in [3.8, 4) is 27.4 Å². The maximum absolute atomic E-state index is 13.4. The van der Waals surface area contributed by atoms with Gasteiger partial charge in [0.15, 0.2) is 0 Å². The number of fused-ring (bicyclic) bond motifs is 1. The van der Waals surface area contributed by atoms with Crippen LogP contribution in [0.3, 0.4) is 0 Å². The quantitative estimate of drug-likeness (QED) is 0.336. The second-order valence-electron chi connectivity index (χ2n) is 8.15. The highest BCUT2D eigenvalue weighted by Crippen LogP contribution is 2.40. The van der Waals surface area contributed by atoms with Crippen molar-refractivity contribution in [2.45, 2.75) is 18.9 Å². The number of pyridine rings is 1. The smallest absolute Gasteiger partial charge is 0.345 e. The van der Waals surface area contributed by atoms with Crippen molar-refractivity contribution >= 4 is 40.5 Å². The van der Waals surface area contributed by atoms with E-state index in [0.29, 0.717) is 56.9 Å². The average Bonchev–Trinajstić information content (AvgIpc) is 3.67. The largest absolute Gasteiger partial charge is 0.477 e. The molecule has 2 N–H and O–H groups in total. The molecule has 1 aliphatic heterocycles. The van der Waals surface area contributed by atoms with Crippen LogP contribution in [-0.2, 0) is 6.42 Å². The zero-order chi connectivity index (χ0) is 25.0. The lowest BCUT2D eigenvalue weighted by Gasteiger charge is -2.16. The second kappa shape index (κ2) is 8.70. The molecule has 0 bridgehead atoms. The highest BCUT2D eigenvalue weighted by Gasteiger charge is 2.31. The number of aromatic nitrogens is 7. The van der Waals surface area contributed by atoms with Crippen LogP contribution in [0.5, 0.6) is 0 Å². The van der Waals surface area contributed by atoms with Gasteiger partial charge >= 0.3 is 5.97 Å². The molecule has 10 nitrogen and oxygen atoms in total. The summed E-state index contributed by atoms with van der Waals surface area (Å²) < 4.78 is 3.15. The van der Waals surface area contributed by atoms with E-state index in [1.54, 1.807) is 41.1 Å². The van der Waals surface area contributed by atoms with Crippen molar-refractivity contribution in [2.24, 2.45) is 0 Å². The standard InChI is InChI=1S/C23H15Cl2N7O3S/c24-11-1-2-15(31-10-27-29-30-31)12(7-11)13-8-20(33)32-16(21(13)25)3-4-17(32)22-26-9-14(28-22)18-5-6-19(36-18)23(34)35/h1-2,5-10,17H,3-4H2,(H,26,28)(H,34,35)/t17-/m0/s1. The zero-order valence-electron chi connectivity index (χ0n) is 18.2. The first-order valence-corrected chi connectivity index (χ1v) is 12.3. The van der Waals surface area contributed by atoms with Gasteiger partial charge in [0.25, 0.3) is 5.56 Å². The molecular formula is C23H15Cl2N7O3S. The van der Waals surface area contributed by atoms with Crippen LogP contribution in [0.1, 0.15) is 33.7 Å². The number of hydrogen-bond acceptors (Lipinski definition) is 7. The van der Waals surface area contributed by atoms with Gasteiger partial charge in [-0.3, -0.25) is 4.79 Å². The molecule has 0 saturated carbocycles. The van der Waals surface area contributed by atoms with Gasteiger partial charge in [0.2, 0.25) is 0 Å². The van der Waals surface area contributed by atoms with E-state index in [0.717, 1.165) is 16.2 Å². The van der Waals surface area contributed by atoms with Gasteiger partial charge in [-0.1, -0.05) is 23.2 Å². The van der Waals surface area contributed by atoms with Crippen molar-refractivity contribution in [3.63, 3.8) is 0 Å². The van der Waals surface area contributed by atoms with Crippen LogP contribution in [0, 0.1) is 0 Å². The van der Waals surface area contributed by atoms with E-state index in [1.807, 2.05) is 0 Å². The fourth-order valence-corrected chi connectivity index (χ4v) is 5.83. The molecule has 5 aromatic rings. The van der Waals surface area contributed by atoms with Gasteiger partial charge in [-0.15, -0.1) is 16.4 Å². The minimum atomic E-state index is -0.976. The molecule has 1 atom stereocenters. The fourth-order valence-electron chi connectivity index (χ4n) is 4.50. The van der Waals surface area contributed by atoms with Crippen LogP contribution in [-0.4, -0.2) is 45.8 Å². The van der Waals surface area contributed by atoms with Crippen molar-refractivity contribution in [1.29, 1.82) is 0 Å². The number of aromatic carboxylic acids is 1. The summed E-state index contributed by atoms with van der Waals surface area (Å²) in [5, 5.41) is 21.5. The number of benzene rings is 1. The number of carbonyl (C=O) groups is 1. The van der Waals surface area contributed by atoms with Crippen molar-refractivity contribution < 1.29 is 9.90 Å². The maximum atomic E-state index is 13.4. The van der Waals surface area contributed by atoms with Crippen LogP contribution in [0.4, 0.5) is 0 Å². The number of halogens is 2. The van der Waals surface area contributed by atoms with Gasteiger partial charge in [0.1, 0.15) is 17.0 Å². The highest BCUT2D eigenvalue weighted by atomic mass is 35.5. The Labute approximate surface area is 216 Å². The molecule has 0 radical (unpaired) electrons. The van der Waals surface area contributed by atoms with E-state index < -0.39 is 5.97 Å². The SMILES string of the molecule is O=C(O)c1ccc(-c2cnc([C@@H]3CCc4c(Cl)c(-c5cc(Cl)ccc5-n5cnnn5)cc(=O)n43)[nH]2)s1.